The molecule has 0 saturated carbocycles. The monoisotopic (exact) mass is 478 g/mol. The van der Waals surface area contributed by atoms with Crippen molar-refractivity contribution in [2.75, 3.05) is 24.5 Å². The van der Waals surface area contributed by atoms with E-state index in [9.17, 15) is 23.1 Å². The highest BCUT2D eigenvalue weighted by Gasteiger charge is 2.37. The van der Waals surface area contributed by atoms with Crippen molar-refractivity contribution in [3.63, 3.8) is 0 Å². The molecule has 0 spiro atoms. The summed E-state index contributed by atoms with van der Waals surface area (Å²) in [6, 6.07) is 7.19. The predicted octanol–water partition coefficient (Wildman–Crippen LogP) is 2.41. The Balaban J connectivity index is 1.62. The van der Waals surface area contributed by atoms with Crippen LogP contribution in [0, 0.1) is 6.92 Å². The van der Waals surface area contributed by atoms with Gasteiger partial charge in [-0.15, -0.1) is 0 Å². The Hall–Kier alpha value is -3.12. The fraction of sp³-hybridized carbons (Fsp3) is 0.350. The third kappa shape index (κ3) is 4.15. The minimum Gasteiger partial charge on any atom is -0.465 e. The quantitative estimate of drug-likeness (QED) is 0.568. The van der Waals surface area contributed by atoms with Gasteiger partial charge in [-0.05, 0) is 32.9 Å². The van der Waals surface area contributed by atoms with E-state index in [0.717, 1.165) is 16.6 Å². The number of thiazole rings is 1. The second-order valence-electron chi connectivity index (χ2n) is 8.17. The van der Waals surface area contributed by atoms with E-state index in [0.29, 0.717) is 19.6 Å². The molecule has 0 radical (unpaired) electrons. The number of anilines is 1. The summed E-state index contributed by atoms with van der Waals surface area (Å²) >= 11 is 1.20. The molecule has 3 aromatic rings. The van der Waals surface area contributed by atoms with Crippen LogP contribution >= 0.6 is 11.3 Å². The van der Waals surface area contributed by atoms with Gasteiger partial charge < -0.3 is 14.2 Å². The van der Waals surface area contributed by atoms with E-state index in [-0.39, 0.29) is 15.7 Å². The number of rotatable bonds is 4. The Labute approximate surface area is 188 Å². The number of amides is 1. The van der Waals surface area contributed by atoms with Crippen LogP contribution in [0.15, 0.2) is 46.2 Å². The van der Waals surface area contributed by atoms with Crippen molar-refractivity contribution in [1.29, 1.82) is 0 Å². The summed E-state index contributed by atoms with van der Waals surface area (Å²) in [6.45, 7) is 6.74. The molecule has 1 aromatic carbocycles. The maximum Gasteiger partial charge on any atom is 0.407 e. The Morgan fingerprint density at radius 2 is 1.91 bits per heavy atom. The Morgan fingerprint density at radius 1 is 1.22 bits per heavy atom. The first kappa shape index (κ1) is 22.1. The molecule has 0 aliphatic carbocycles. The van der Waals surface area contributed by atoms with Gasteiger partial charge in [0.1, 0.15) is 9.90 Å². The smallest absolute Gasteiger partial charge is 0.407 e. The summed E-state index contributed by atoms with van der Waals surface area (Å²) in [7, 11) is -4.14. The highest BCUT2D eigenvalue weighted by atomic mass is 32.2. The van der Waals surface area contributed by atoms with Gasteiger partial charge >= 0.3 is 16.2 Å². The van der Waals surface area contributed by atoms with Crippen molar-refractivity contribution in [1.82, 2.24) is 14.3 Å². The lowest BCUT2D eigenvalue weighted by molar-refractivity contribution is 0.0846. The number of benzene rings is 1. The lowest BCUT2D eigenvalue weighted by Gasteiger charge is -2.45. The van der Waals surface area contributed by atoms with Gasteiger partial charge in [-0.1, -0.05) is 29.0 Å². The number of carboxylic acid groups (broad SMARTS) is 1. The molecule has 1 N–H and O–H groups in total. The van der Waals surface area contributed by atoms with Crippen LogP contribution in [0.1, 0.15) is 19.4 Å². The first-order chi connectivity index (χ1) is 15.0. The van der Waals surface area contributed by atoms with E-state index in [1.54, 1.807) is 18.3 Å². The second kappa shape index (κ2) is 7.78. The first-order valence-corrected chi connectivity index (χ1v) is 12.0. The molecule has 170 valence electrons. The van der Waals surface area contributed by atoms with Crippen LogP contribution in [0.25, 0.3) is 4.96 Å². The lowest BCUT2D eigenvalue weighted by Crippen LogP contribution is -2.60. The van der Waals surface area contributed by atoms with Crippen molar-refractivity contribution in [2.45, 2.75) is 31.2 Å². The van der Waals surface area contributed by atoms with E-state index in [4.69, 9.17) is 4.18 Å². The third-order valence-electron chi connectivity index (χ3n) is 5.28. The predicted molar refractivity (Wildman–Crippen MR) is 119 cm³/mol. The number of carbonyl (C=O) groups is 1. The molecule has 32 heavy (non-hydrogen) atoms. The highest BCUT2D eigenvalue weighted by molar-refractivity contribution is 7.87. The number of hydrogen-bond donors (Lipinski definition) is 1. The number of piperazine rings is 1. The molecule has 2 aromatic heterocycles. The minimum atomic E-state index is -4.14. The molecular formula is C20H22N4O6S2. The summed E-state index contributed by atoms with van der Waals surface area (Å²) in [5.74, 6) is -0.306. The first-order valence-electron chi connectivity index (χ1n) is 9.76. The van der Waals surface area contributed by atoms with Gasteiger partial charge in [0.05, 0.1) is 11.6 Å². The van der Waals surface area contributed by atoms with Crippen LogP contribution in [0.3, 0.4) is 0 Å². The zero-order chi connectivity index (χ0) is 23.3. The molecule has 4 rings (SSSR count). The number of aryl methyl sites for hydroxylation is 1. The molecular weight excluding hydrogens is 456 g/mol. The van der Waals surface area contributed by atoms with Gasteiger partial charge in [0.15, 0.2) is 0 Å². The molecule has 1 amide bonds. The highest BCUT2D eigenvalue weighted by Crippen LogP contribution is 2.31. The second-order valence-corrected chi connectivity index (χ2v) is 10.7. The molecule has 1 aliphatic heterocycles. The van der Waals surface area contributed by atoms with Crippen LogP contribution in [0.2, 0.25) is 0 Å². The summed E-state index contributed by atoms with van der Waals surface area (Å²) in [4.78, 5) is 31.9. The fourth-order valence-corrected chi connectivity index (χ4v) is 5.51. The summed E-state index contributed by atoms with van der Waals surface area (Å²) in [5.41, 5.74) is -0.190. The average molecular weight is 479 g/mol. The van der Waals surface area contributed by atoms with Crippen molar-refractivity contribution in [3.8, 4) is 5.88 Å². The zero-order valence-electron chi connectivity index (χ0n) is 17.7. The molecule has 0 bridgehead atoms. The molecule has 12 heteroatoms. The largest absolute Gasteiger partial charge is 0.465 e. The van der Waals surface area contributed by atoms with Crippen LogP contribution in [0.4, 0.5) is 9.80 Å². The van der Waals surface area contributed by atoms with Gasteiger partial charge in [-0.25, -0.2) is 4.79 Å². The van der Waals surface area contributed by atoms with Crippen LogP contribution in [-0.4, -0.2) is 59.1 Å². The summed E-state index contributed by atoms with van der Waals surface area (Å²) < 4.78 is 31.5. The maximum atomic E-state index is 12.6. The topological polar surface area (TPSA) is 122 Å². The van der Waals surface area contributed by atoms with Gasteiger partial charge in [0, 0.05) is 25.8 Å². The maximum absolute atomic E-state index is 12.6. The molecule has 0 unspecified atom stereocenters. The molecule has 0 atom stereocenters. The van der Waals surface area contributed by atoms with E-state index in [1.807, 2.05) is 25.7 Å². The fourth-order valence-electron chi connectivity index (χ4n) is 3.62. The molecule has 10 nitrogen and oxygen atoms in total. The number of hydrogen-bond acceptors (Lipinski definition) is 8. The zero-order valence-corrected chi connectivity index (χ0v) is 19.3. The molecule has 3 heterocycles. The minimum absolute atomic E-state index is 0.0319. The lowest BCUT2D eigenvalue weighted by atomic mass is 10.00. The van der Waals surface area contributed by atoms with Crippen LogP contribution in [-0.2, 0) is 10.1 Å². The Kier molecular flexibility index (Phi) is 5.37. The Morgan fingerprint density at radius 3 is 2.53 bits per heavy atom. The summed E-state index contributed by atoms with van der Waals surface area (Å²) in [6.07, 6.45) is 0.653. The average Bonchev–Trinajstić information content (AvgIpc) is 3.11. The number of nitrogens with zero attached hydrogens (tertiary/aromatic N) is 4. The standard InChI is InChI=1S/C20H22N4O6S2/c1-13-4-6-14(7-5-13)32(28,29)30-15-10-16(25)23-11-17(31-18(23)21-15)22-8-9-24(19(26)27)20(2,3)12-22/h4-7,10-11H,8-9,12H2,1-3H3,(H,26,27). The summed E-state index contributed by atoms with van der Waals surface area (Å²) in [5, 5.41) is 10.1. The van der Waals surface area contributed by atoms with Gasteiger partial charge in [-0.3, -0.25) is 14.1 Å². The van der Waals surface area contributed by atoms with E-state index >= 15 is 0 Å². The van der Waals surface area contributed by atoms with Crippen molar-refractivity contribution in [3.05, 3.63) is 52.4 Å². The third-order valence-corrected chi connectivity index (χ3v) is 7.56. The van der Waals surface area contributed by atoms with Gasteiger partial charge in [0.25, 0.3) is 5.56 Å². The Bertz CT molecular complexity index is 1340. The number of aromatic nitrogens is 2. The van der Waals surface area contributed by atoms with Gasteiger partial charge in [-0.2, -0.15) is 13.4 Å². The normalized spacial score (nSPS) is 16.3. The van der Waals surface area contributed by atoms with E-state index in [1.165, 1.54) is 32.8 Å². The number of fused-ring (bicyclic) bond motifs is 1. The van der Waals surface area contributed by atoms with Gasteiger partial charge in [0.2, 0.25) is 10.8 Å². The van der Waals surface area contributed by atoms with Crippen LogP contribution < -0.4 is 14.6 Å². The molecule has 1 fully saturated rings. The van der Waals surface area contributed by atoms with Crippen LogP contribution in [0.5, 0.6) is 5.88 Å². The van der Waals surface area contributed by atoms with Crippen molar-refractivity contribution >= 4 is 37.5 Å². The van der Waals surface area contributed by atoms with E-state index < -0.39 is 27.3 Å². The molecule has 1 aliphatic rings. The van der Waals surface area contributed by atoms with Crippen molar-refractivity contribution < 1.29 is 22.5 Å². The SMILES string of the molecule is Cc1ccc(S(=O)(=O)Oc2cc(=O)n3cc(N4CCN(C(=O)O)C(C)(C)C4)sc3n2)cc1. The van der Waals surface area contributed by atoms with E-state index in [2.05, 4.69) is 4.98 Å². The molecule has 1 saturated heterocycles. The van der Waals surface area contributed by atoms with Crippen molar-refractivity contribution in [2.24, 2.45) is 0 Å².